The van der Waals surface area contributed by atoms with Crippen LogP contribution in [-0.2, 0) is 6.54 Å². The van der Waals surface area contributed by atoms with Crippen molar-refractivity contribution in [3.8, 4) is 5.75 Å². The van der Waals surface area contributed by atoms with E-state index in [1.54, 1.807) is 24.8 Å². The molecule has 0 aliphatic carbocycles. The Labute approximate surface area is 166 Å². The van der Waals surface area contributed by atoms with Crippen molar-refractivity contribution in [1.82, 2.24) is 25.2 Å². The van der Waals surface area contributed by atoms with E-state index < -0.39 is 0 Å². The normalized spacial score (nSPS) is 17.4. The van der Waals surface area contributed by atoms with Gasteiger partial charge in [0.15, 0.2) is 0 Å². The minimum absolute atomic E-state index is 0.00342. The quantitative estimate of drug-likeness (QED) is 0.786. The first-order valence-corrected chi connectivity index (χ1v) is 10.0. The van der Waals surface area contributed by atoms with Crippen LogP contribution in [-0.4, -0.2) is 39.0 Å². The molecule has 2 amide bonds. The molecule has 7 nitrogen and oxygen atoms in total. The molecule has 0 saturated carbocycles. The van der Waals surface area contributed by atoms with Crippen molar-refractivity contribution in [2.45, 2.75) is 59.0 Å². The Morgan fingerprint density at radius 3 is 2.96 bits per heavy atom. The van der Waals surface area contributed by atoms with Crippen molar-refractivity contribution in [3.63, 3.8) is 0 Å². The number of aromatic nitrogens is 3. The molecule has 7 heteroatoms. The van der Waals surface area contributed by atoms with Crippen LogP contribution in [0.5, 0.6) is 5.75 Å². The van der Waals surface area contributed by atoms with Gasteiger partial charge in [0.25, 0.3) is 0 Å². The number of carbonyl (C=O) groups excluding carboxylic acids is 1. The first-order chi connectivity index (χ1) is 13.4. The first kappa shape index (κ1) is 20.2. The zero-order chi connectivity index (χ0) is 20.0. The summed E-state index contributed by atoms with van der Waals surface area (Å²) in [6, 6.07) is 1.83. The van der Waals surface area contributed by atoms with E-state index in [0.717, 1.165) is 49.4 Å². The fourth-order valence-electron chi connectivity index (χ4n) is 3.34. The predicted octanol–water partition coefficient (Wildman–Crippen LogP) is 4.06. The van der Waals surface area contributed by atoms with Crippen molar-refractivity contribution < 1.29 is 9.53 Å². The molecule has 0 spiro atoms. The van der Waals surface area contributed by atoms with Gasteiger partial charge in [0.05, 0.1) is 18.8 Å². The lowest BCUT2D eigenvalue weighted by Gasteiger charge is -2.34. The highest BCUT2D eigenvalue weighted by Crippen LogP contribution is 2.29. The summed E-state index contributed by atoms with van der Waals surface area (Å²) in [7, 11) is 0. The van der Waals surface area contributed by atoms with Gasteiger partial charge in [-0.25, -0.2) is 9.78 Å². The zero-order valence-electron chi connectivity index (χ0n) is 17.1. The lowest BCUT2D eigenvalue weighted by Crippen LogP contribution is -2.44. The Balaban J connectivity index is 1.59. The third kappa shape index (κ3) is 5.47. The maximum absolute atomic E-state index is 12.9. The van der Waals surface area contributed by atoms with Crippen LogP contribution in [0, 0.1) is 5.41 Å². The summed E-state index contributed by atoms with van der Waals surface area (Å²) in [5, 5.41) is 3.05. The fraction of sp³-hybridized carbons (Fsp3) is 0.571. The second-order valence-corrected chi connectivity index (χ2v) is 8.48. The molecule has 0 aromatic carbocycles. The first-order valence-electron chi connectivity index (χ1n) is 10.0. The second kappa shape index (κ2) is 9.08. The molecule has 1 aliphatic heterocycles. The van der Waals surface area contributed by atoms with Crippen LogP contribution in [0.2, 0.25) is 0 Å². The lowest BCUT2D eigenvalue weighted by atomic mass is 9.93. The summed E-state index contributed by atoms with van der Waals surface area (Å²) >= 11 is 0. The Morgan fingerprint density at radius 2 is 2.21 bits per heavy atom. The van der Waals surface area contributed by atoms with Gasteiger partial charge in [-0.05, 0) is 37.2 Å². The van der Waals surface area contributed by atoms with Crippen molar-refractivity contribution in [3.05, 3.63) is 42.2 Å². The highest BCUT2D eigenvalue weighted by molar-refractivity contribution is 5.74. The van der Waals surface area contributed by atoms with E-state index in [0.29, 0.717) is 13.2 Å². The second-order valence-electron chi connectivity index (χ2n) is 8.48. The smallest absolute Gasteiger partial charge is 0.318 e. The molecule has 0 radical (unpaired) electrons. The van der Waals surface area contributed by atoms with Gasteiger partial charge in [0.2, 0.25) is 0 Å². The number of hydrogen-bond acceptors (Lipinski definition) is 4. The fourth-order valence-corrected chi connectivity index (χ4v) is 3.34. The van der Waals surface area contributed by atoms with Gasteiger partial charge in [0, 0.05) is 37.2 Å². The van der Waals surface area contributed by atoms with E-state index in [9.17, 15) is 4.79 Å². The third-order valence-corrected chi connectivity index (χ3v) is 5.01. The van der Waals surface area contributed by atoms with E-state index >= 15 is 0 Å². The molecule has 1 unspecified atom stereocenters. The summed E-state index contributed by atoms with van der Waals surface area (Å²) in [6.07, 6.45) is 11.0. The zero-order valence-corrected chi connectivity index (χ0v) is 17.1. The van der Waals surface area contributed by atoms with Crippen molar-refractivity contribution >= 4 is 6.03 Å². The van der Waals surface area contributed by atoms with Crippen LogP contribution in [0.25, 0.3) is 0 Å². The molecule has 152 valence electrons. The maximum atomic E-state index is 12.9. The van der Waals surface area contributed by atoms with Crippen molar-refractivity contribution in [1.29, 1.82) is 0 Å². The third-order valence-electron chi connectivity index (χ3n) is 5.01. The summed E-state index contributed by atoms with van der Waals surface area (Å²) in [5.74, 6) is 1.58. The maximum Gasteiger partial charge on any atom is 0.318 e. The number of hydrogen-bond donors (Lipinski definition) is 2. The largest absolute Gasteiger partial charge is 0.492 e. The van der Waals surface area contributed by atoms with Crippen LogP contribution < -0.4 is 10.1 Å². The minimum Gasteiger partial charge on any atom is -0.492 e. The number of pyridine rings is 1. The summed E-state index contributed by atoms with van der Waals surface area (Å²) in [6.45, 7) is 8.34. The Hall–Kier alpha value is -2.57. The summed E-state index contributed by atoms with van der Waals surface area (Å²) in [4.78, 5) is 26.4. The van der Waals surface area contributed by atoms with Crippen LogP contribution in [0.3, 0.4) is 0 Å². The van der Waals surface area contributed by atoms with E-state index in [1.165, 1.54) is 0 Å². The molecule has 3 heterocycles. The summed E-state index contributed by atoms with van der Waals surface area (Å²) in [5.41, 5.74) is 1.15. The highest BCUT2D eigenvalue weighted by atomic mass is 16.5. The summed E-state index contributed by atoms with van der Waals surface area (Å²) < 4.78 is 5.93. The molecular weight excluding hydrogens is 354 g/mol. The molecule has 28 heavy (non-hydrogen) atoms. The molecule has 3 rings (SSSR count). The Morgan fingerprint density at radius 1 is 1.36 bits per heavy atom. The van der Waals surface area contributed by atoms with Gasteiger partial charge < -0.3 is 19.9 Å². The van der Waals surface area contributed by atoms with Crippen LogP contribution in [0.15, 0.2) is 30.9 Å². The number of nitrogens with one attached hydrogen (secondary N) is 2. The lowest BCUT2D eigenvalue weighted by molar-refractivity contribution is 0.147. The Bertz CT molecular complexity index is 754. The number of amides is 2. The number of likely N-dealkylation sites (tertiary alicyclic amines) is 1. The average molecular weight is 386 g/mol. The average Bonchev–Trinajstić information content (AvgIpc) is 3.20. The van der Waals surface area contributed by atoms with Gasteiger partial charge in [-0.1, -0.05) is 20.8 Å². The van der Waals surface area contributed by atoms with Gasteiger partial charge in [-0.15, -0.1) is 0 Å². The molecule has 2 N–H and O–H groups in total. The van der Waals surface area contributed by atoms with E-state index in [-0.39, 0.29) is 17.5 Å². The van der Waals surface area contributed by atoms with Crippen LogP contribution >= 0.6 is 0 Å². The standard InChI is InChI=1S/C21H31N5O2/c1-21(2,3)8-13-28-18-15-22-9-7-16(18)14-25-20(27)26-12-5-4-6-17(26)19-23-10-11-24-19/h7,9-11,15,17H,4-6,8,12-14H2,1-3H3,(H,23,24)(H,25,27). The number of nitrogens with zero attached hydrogens (tertiary/aromatic N) is 3. The molecule has 0 bridgehead atoms. The molecule has 1 fully saturated rings. The number of aromatic amines is 1. The van der Waals surface area contributed by atoms with Gasteiger partial charge in [0.1, 0.15) is 11.6 Å². The van der Waals surface area contributed by atoms with Gasteiger partial charge in [-0.2, -0.15) is 0 Å². The van der Waals surface area contributed by atoms with Gasteiger partial charge in [-0.3, -0.25) is 4.98 Å². The highest BCUT2D eigenvalue weighted by Gasteiger charge is 2.29. The number of piperidine rings is 1. The van der Waals surface area contributed by atoms with Crippen LogP contribution in [0.1, 0.15) is 63.9 Å². The number of H-pyrrole nitrogens is 1. The number of carbonyl (C=O) groups is 1. The molecule has 1 saturated heterocycles. The topological polar surface area (TPSA) is 83.1 Å². The SMILES string of the molecule is CC(C)(C)CCOc1cnccc1CNC(=O)N1CCCCC1c1ncc[nH]1. The predicted molar refractivity (Wildman–Crippen MR) is 108 cm³/mol. The number of rotatable bonds is 6. The van der Waals surface area contributed by atoms with E-state index in [1.807, 2.05) is 11.0 Å². The number of imidazole rings is 1. The minimum atomic E-state index is -0.0708. The molecule has 2 aromatic rings. The molecule has 2 aromatic heterocycles. The molecular formula is C21H31N5O2. The van der Waals surface area contributed by atoms with E-state index in [4.69, 9.17) is 4.74 Å². The van der Waals surface area contributed by atoms with E-state index in [2.05, 4.69) is 41.0 Å². The number of ether oxygens (including phenoxy) is 1. The van der Waals surface area contributed by atoms with Gasteiger partial charge >= 0.3 is 6.03 Å². The molecule has 1 aliphatic rings. The molecule has 1 atom stereocenters. The monoisotopic (exact) mass is 385 g/mol. The van der Waals surface area contributed by atoms with Crippen LogP contribution in [0.4, 0.5) is 4.79 Å². The number of urea groups is 1. The van der Waals surface area contributed by atoms with Crippen molar-refractivity contribution in [2.24, 2.45) is 5.41 Å². The van der Waals surface area contributed by atoms with Crippen molar-refractivity contribution in [2.75, 3.05) is 13.2 Å². The Kier molecular flexibility index (Phi) is 6.54.